The molecular formula is C17H24N2O2. The van der Waals surface area contributed by atoms with Crippen molar-refractivity contribution >= 4 is 17.0 Å². The topological polar surface area (TPSA) is 54.1 Å². The average Bonchev–Trinajstić information content (AvgIpc) is 2.77. The van der Waals surface area contributed by atoms with Gasteiger partial charge in [0, 0.05) is 22.7 Å². The number of hydrogen-bond donors (Lipinski definition) is 2. The molecule has 0 fully saturated rings. The number of carbonyl (C=O) groups is 1. The summed E-state index contributed by atoms with van der Waals surface area (Å²) < 4.78 is 5.37. The van der Waals surface area contributed by atoms with Crippen LogP contribution in [0.15, 0.2) is 30.5 Å². The number of carbonyl (C=O) groups excluding carboxylic acids is 1. The molecule has 0 unspecified atom stereocenters. The maximum absolute atomic E-state index is 12.1. The molecule has 2 aromatic rings. The van der Waals surface area contributed by atoms with Gasteiger partial charge in [-0.05, 0) is 32.8 Å². The molecule has 0 aliphatic carbocycles. The molecule has 0 saturated carbocycles. The van der Waals surface area contributed by atoms with Crippen LogP contribution >= 0.6 is 0 Å². The predicted molar refractivity (Wildman–Crippen MR) is 85.2 cm³/mol. The Labute approximate surface area is 125 Å². The number of aromatic nitrogens is 1. The van der Waals surface area contributed by atoms with E-state index in [0.717, 1.165) is 16.5 Å². The summed E-state index contributed by atoms with van der Waals surface area (Å²) in [7, 11) is 0. The van der Waals surface area contributed by atoms with Gasteiger partial charge in [-0.2, -0.15) is 0 Å². The van der Waals surface area contributed by atoms with Gasteiger partial charge in [0.05, 0.1) is 6.04 Å². The van der Waals surface area contributed by atoms with Crippen molar-refractivity contribution in [2.75, 3.05) is 0 Å². The minimum absolute atomic E-state index is 0.0870. The zero-order chi connectivity index (χ0) is 15.6. The van der Waals surface area contributed by atoms with Crippen molar-refractivity contribution in [2.45, 2.75) is 46.3 Å². The van der Waals surface area contributed by atoms with Crippen LogP contribution in [0.2, 0.25) is 0 Å². The zero-order valence-corrected chi connectivity index (χ0v) is 13.4. The number of fused-ring (bicyclic) bond motifs is 1. The molecule has 1 aromatic carbocycles. The molecule has 2 N–H and O–H groups in total. The monoisotopic (exact) mass is 288 g/mol. The van der Waals surface area contributed by atoms with E-state index in [1.807, 2.05) is 45.2 Å². The number of para-hydroxylation sites is 1. The number of hydrogen-bond acceptors (Lipinski definition) is 2. The minimum Gasteiger partial charge on any atom is -0.444 e. The van der Waals surface area contributed by atoms with Crippen molar-refractivity contribution in [1.29, 1.82) is 0 Å². The Hall–Kier alpha value is -1.97. The Morgan fingerprint density at radius 1 is 1.24 bits per heavy atom. The first-order valence-electron chi connectivity index (χ1n) is 7.33. The van der Waals surface area contributed by atoms with Gasteiger partial charge in [-0.3, -0.25) is 0 Å². The number of H-pyrrole nitrogens is 1. The first-order valence-corrected chi connectivity index (χ1v) is 7.33. The summed E-state index contributed by atoms with van der Waals surface area (Å²) in [4.78, 5) is 15.3. The van der Waals surface area contributed by atoms with E-state index in [2.05, 4.69) is 30.2 Å². The molecule has 0 aliphatic rings. The summed E-state index contributed by atoms with van der Waals surface area (Å²) in [6.45, 7) is 9.77. The lowest BCUT2D eigenvalue weighted by Crippen LogP contribution is -2.36. The molecule has 21 heavy (non-hydrogen) atoms. The van der Waals surface area contributed by atoms with Crippen molar-refractivity contribution < 1.29 is 9.53 Å². The van der Waals surface area contributed by atoms with Crippen LogP contribution in [0, 0.1) is 5.92 Å². The van der Waals surface area contributed by atoms with E-state index in [1.165, 1.54) is 0 Å². The predicted octanol–water partition coefficient (Wildman–Crippen LogP) is 4.39. The van der Waals surface area contributed by atoms with Crippen LogP contribution in [0.1, 0.15) is 46.2 Å². The number of amides is 1. The van der Waals surface area contributed by atoms with Gasteiger partial charge in [-0.25, -0.2) is 4.79 Å². The minimum atomic E-state index is -0.494. The van der Waals surface area contributed by atoms with Crippen LogP contribution in [0.25, 0.3) is 10.9 Å². The maximum atomic E-state index is 12.1. The lowest BCUT2D eigenvalue weighted by Gasteiger charge is -2.25. The highest BCUT2D eigenvalue weighted by Gasteiger charge is 2.24. The van der Waals surface area contributed by atoms with E-state index in [0.29, 0.717) is 0 Å². The zero-order valence-electron chi connectivity index (χ0n) is 13.4. The molecule has 114 valence electrons. The quantitative estimate of drug-likeness (QED) is 0.880. The van der Waals surface area contributed by atoms with Crippen LogP contribution in [0.4, 0.5) is 4.79 Å². The van der Waals surface area contributed by atoms with Gasteiger partial charge in [0.25, 0.3) is 0 Å². The van der Waals surface area contributed by atoms with Crippen LogP contribution in [-0.4, -0.2) is 16.7 Å². The fraction of sp³-hybridized carbons (Fsp3) is 0.471. The first-order chi connectivity index (χ1) is 9.78. The fourth-order valence-corrected chi connectivity index (χ4v) is 2.39. The Morgan fingerprint density at radius 3 is 2.52 bits per heavy atom. The summed E-state index contributed by atoms with van der Waals surface area (Å²) in [5.74, 6) is 0.261. The fourth-order valence-electron chi connectivity index (χ4n) is 2.39. The molecule has 1 aromatic heterocycles. The molecule has 2 rings (SSSR count). The number of alkyl carbamates (subject to hydrolysis) is 1. The summed E-state index contributed by atoms with van der Waals surface area (Å²) in [6.07, 6.45) is 1.58. The van der Waals surface area contributed by atoms with Gasteiger partial charge < -0.3 is 15.0 Å². The van der Waals surface area contributed by atoms with E-state index in [-0.39, 0.29) is 18.1 Å². The molecule has 0 radical (unpaired) electrons. The highest BCUT2D eigenvalue weighted by Crippen LogP contribution is 2.29. The highest BCUT2D eigenvalue weighted by molar-refractivity contribution is 5.84. The van der Waals surface area contributed by atoms with Gasteiger partial charge in [0.1, 0.15) is 5.60 Å². The molecule has 1 amide bonds. The van der Waals surface area contributed by atoms with Crippen LogP contribution in [0.5, 0.6) is 0 Å². The lowest BCUT2D eigenvalue weighted by molar-refractivity contribution is 0.0490. The number of aromatic amines is 1. The normalized spacial score (nSPS) is 13.4. The van der Waals surface area contributed by atoms with E-state index in [9.17, 15) is 4.79 Å². The third-order valence-corrected chi connectivity index (χ3v) is 3.30. The largest absolute Gasteiger partial charge is 0.444 e. The molecular weight excluding hydrogens is 264 g/mol. The van der Waals surface area contributed by atoms with Crippen molar-refractivity contribution in [2.24, 2.45) is 5.92 Å². The molecule has 1 atom stereocenters. The molecule has 4 heteroatoms. The Kier molecular flexibility index (Phi) is 4.26. The third kappa shape index (κ3) is 3.78. The molecule has 0 spiro atoms. The highest BCUT2D eigenvalue weighted by atomic mass is 16.6. The SMILES string of the molecule is CC(C)[C@H](NC(=O)OC(C)(C)C)c1c[nH]c2ccccc12. The van der Waals surface area contributed by atoms with Gasteiger partial charge in [-0.1, -0.05) is 32.0 Å². The first kappa shape index (κ1) is 15.4. The third-order valence-electron chi connectivity index (χ3n) is 3.30. The van der Waals surface area contributed by atoms with Crippen LogP contribution in [0.3, 0.4) is 0 Å². The summed E-state index contributed by atoms with van der Waals surface area (Å²) >= 11 is 0. The average molecular weight is 288 g/mol. The summed E-state index contributed by atoms with van der Waals surface area (Å²) in [5.41, 5.74) is 1.67. The lowest BCUT2D eigenvalue weighted by atomic mass is 9.96. The van der Waals surface area contributed by atoms with Crippen molar-refractivity contribution in [1.82, 2.24) is 10.3 Å². The van der Waals surface area contributed by atoms with Gasteiger partial charge in [0.15, 0.2) is 0 Å². The van der Waals surface area contributed by atoms with E-state index in [4.69, 9.17) is 4.74 Å². The summed E-state index contributed by atoms with van der Waals surface area (Å²) in [6, 6.07) is 8.01. The van der Waals surface area contributed by atoms with Crippen LogP contribution < -0.4 is 5.32 Å². The molecule has 1 heterocycles. The van der Waals surface area contributed by atoms with Gasteiger partial charge in [-0.15, -0.1) is 0 Å². The van der Waals surface area contributed by atoms with Crippen molar-refractivity contribution in [3.63, 3.8) is 0 Å². The molecule has 0 saturated heterocycles. The maximum Gasteiger partial charge on any atom is 0.408 e. The Morgan fingerprint density at radius 2 is 1.90 bits per heavy atom. The standard InChI is InChI=1S/C17H24N2O2/c1-11(2)15(19-16(20)21-17(3,4)5)13-10-18-14-9-7-6-8-12(13)14/h6-11,15,18H,1-5H3,(H,19,20)/t15-/m0/s1. The second-order valence-electron chi connectivity index (χ2n) is 6.66. The van der Waals surface area contributed by atoms with Gasteiger partial charge in [0.2, 0.25) is 0 Å². The summed E-state index contributed by atoms with van der Waals surface area (Å²) in [5, 5.41) is 4.12. The molecule has 4 nitrogen and oxygen atoms in total. The number of benzene rings is 1. The second kappa shape index (κ2) is 5.80. The smallest absolute Gasteiger partial charge is 0.408 e. The van der Waals surface area contributed by atoms with Crippen molar-refractivity contribution in [3.05, 3.63) is 36.0 Å². The van der Waals surface area contributed by atoms with E-state index >= 15 is 0 Å². The number of rotatable bonds is 3. The Balaban J connectivity index is 2.25. The van der Waals surface area contributed by atoms with Crippen LogP contribution in [-0.2, 0) is 4.74 Å². The molecule has 0 aliphatic heterocycles. The van der Waals surface area contributed by atoms with Crippen molar-refractivity contribution in [3.8, 4) is 0 Å². The van der Waals surface area contributed by atoms with E-state index < -0.39 is 5.60 Å². The number of nitrogens with one attached hydrogen (secondary N) is 2. The second-order valence-corrected chi connectivity index (χ2v) is 6.66. The Bertz CT molecular complexity index is 623. The molecule has 0 bridgehead atoms. The number of ether oxygens (including phenoxy) is 1. The van der Waals surface area contributed by atoms with Gasteiger partial charge >= 0.3 is 6.09 Å². The van der Waals surface area contributed by atoms with E-state index in [1.54, 1.807) is 0 Å².